The van der Waals surface area contributed by atoms with Crippen molar-refractivity contribution in [1.29, 1.82) is 0 Å². The predicted molar refractivity (Wildman–Crippen MR) is 82.5 cm³/mol. The summed E-state index contributed by atoms with van der Waals surface area (Å²) in [6.07, 6.45) is 6.02. The highest BCUT2D eigenvalue weighted by molar-refractivity contribution is 5.84. The maximum absolute atomic E-state index is 11.9. The quantitative estimate of drug-likeness (QED) is 0.673. The van der Waals surface area contributed by atoms with Gasteiger partial charge in [0.15, 0.2) is 0 Å². The summed E-state index contributed by atoms with van der Waals surface area (Å²) in [5.74, 6) is 0.485. The van der Waals surface area contributed by atoms with E-state index in [9.17, 15) is 4.79 Å². The van der Waals surface area contributed by atoms with Crippen LogP contribution in [0.25, 0.3) is 0 Å². The van der Waals surface area contributed by atoms with Gasteiger partial charge in [-0.05, 0) is 51.9 Å². The fourth-order valence-electron chi connectivity index (χ4n) is 3.09. The van der Waals surface area contributed by atoms with E-state index in [-0.39, 0.29) is 18.1 Å². The zero-order valence-corrected chi connectivity index (χ0v) is 13.6. The van der Waals surface area contributed by atoms with E-state index in [0.29, 0.717) is 6.42 Å². The summed E-state index contributed by atoms with van der Waals surface area (Å²) in [6, 6.07) is 0.252. The van der Waals surface area contributed by atoms with Gasteiger partial charge in [0, 0.05) is 19.1 Å². The van der Waals surface area contributed by atoms with Gasteiger partial charge in [-0.15, -0.1) is 0 Å². The zero-order chi connectivity index (χ0) is 15.2. The van der Waals surface area contributed by atoms with Gasteiger partial charge in [-0.3, -0.25) is 4.79 Å². The third-order valence-electron chi connectivity index (χ3n) is 4.02. The Labute approximate surface area is 123 Å². The van der Waals surface area contributed by atoms with Crippen molar-refractivity contribution in [2.75, 3.05) is 6.61 Å². The highest BCUT2D eigenvalue weighted by Crippen LogP contribution is 2.30. The average molecular weight is 284 g/mol. The molecule has 0 heterocycles. The Morgan fingerprint density at radius 2 is 2.10 bits per heavy atom. The van der Waals surface area contributed by atoms with Crippen LogP contribution in [0, 0.1) is 5.92 Å². The molecule has 20 heavy (non-hydrogen) atoms. The van der Waals surface area contributed by atoms with Crippen LogP contribution >= 0.6 is 0 Å². The van der Waals surface area contributed by atoms with E-state index >= 15 is 0 Å². The first-order chi connectivity index (χ1) is 9.35. The van der Waals surface area contributed by atoms with Gasteiger partial charge in [0.1, 0.15) is 5.54 Å². The van der Waals surface area contributed by atoms with Crippen molar-refractivity contribution in [1.82, 2.24) is 5.32 Å². The number of carbonyl (C=O) groups excluding carboxylic acids is 1. The van der Waals surface area contributed by atoms with Crippen LogP contribution in [0.5, 0.6) is 0 Å². The van der Waals surface area contributed by atoms with E-state index in [4.69, 9.17) is 10.5 Å². The summed E-state index contributed by atoms with van der Waals surface area (Å²) in [7, 11) is 0. The summed E-state index contributed by atoms with van der Waals surface area (Å²) >= 11 is 0. The normalized spacial score (nSPS) is 27.2. The predicted octanol–water partition coefficient (Wildman–Crippen LogP) is 2.60. The molecule has 1 fully saturated rings. The highest BCUT2D eigenvalue weighted by Gasteiger charge is 2.41. The minimum Gasteiger partial charge on any atom is -0.378 e. The monoisotopic (exact) mass is 284 g/mol. The lowest BCUT2D eigenvalue weighted by atomic mass is 9.79. The van der Waals surface area contributed by atoms with Crippen molar-refractivity contribution in [3.8, 4) is 0 Å². The van der Waals surface area contributed by atoms with Crippen molar-refractivity contribution in [3.05, 3.63) is 0 Å². The lowest BCUT2D eigenvalue weighted by molar-refractivity contribution is -0.129. The molecule has 2 unspecified atom stereocenters. The molecule has 1 rings (SSSR count). The number of nitrogens with two attached hydrogens (primary N) is 1. The smallest absolute Gasteiger partial charge is 0.237 e. The summed E-state index contributed by atoms with van der Waals surface area (Å²) in [6.45, 7) is 9.35. The molecule has 0 aliphatic heterocycles. The van der Waals surface area contributed by atoms with E-state index in [1.165, 1.54) is 6.42 Å². The number of primary amides is 1. The molecule has 0 spiro atoms. The molecule has 2 atom stereocenters. The molecule has 1 amide bonds. The van der Waals surface area contributed by atoms with Crippen molar-refractivity contribution < 1.29 is 9.53 Å². The van der Waals surface area contributed by atoms with Crippen molar-refractivity contribution >= 4 is 5.91 Å². The van der Waals surface area contributed by atoms with E-state index in [1.807, 2.05) is 0 Å². The average Bonchev–Trinajstić information content (AvgIpc) is 2.34. The molecule has 3 N–H and O–H groups in total. The van der Waals surface area contributed by atoms with Crippen LogP contribution in [0.4, 0.5) is 0 Å². The van der Waals surface area contributed by atoms with Crippen LogP contribution in [0.3, 0.4) is 0 Å². The summed E-state index contributed by atoms with van der Waals surface area (Å²) in [5, 5.41) is 3.38. The number of amides is 1. The number of carbonyl (C=O) groups is 1. The minimum absolute atomic E-state index is 0.162. The van der Waals surface area contributed by atoms with Gasteiger partial charge in [-0.1, -0.05) is 13.8 Å². The lowest BCUT2D eigenvalue weighted by Gasteiger charge is -2.40. The second-order valence-corrected chi connectivity index (χ2v) is 6.87. The SMILES string of the molecule is CC(C)CCCOC1CCCC(NC(C)C)(C(N)=O)C1. The van der Waals surface area contributed by atoms with Crippen LogP contribution in [-0.4, -0.2) is 30.2 Å². The van der Waals surface area contributed by atoms with Gasteiger partial charge in [-0.2, -0.15) is 0 Å². The fourth-order valence-corrected chi connectivity index (χ4v) is 3.09. The van der Waals surface area contributed by atoms with Gasteiger partial charge in [-0.25, -0.2) is 0 Å². The van der Waals surface area contributed by atoms with E-state index in [0.717, 1.165) is 38.2 Å². The summed E-state index contributed by atoms with van der Waals surface area (Å²) in [4.78, 5) is 11.9. The molecular weight excluding hydrogens is 252 g/mol. The zero-order valence-electron chi connectivity index (χ0n) is 13.6. The van der Waals surface area contributed by atoms with Crippen LogP contribution in [-0.2, 0) is 9.53 Å². The molecule has 0 aromatic rings. The molecule has 4 heteroatoms. The molecule has 0 radical (unpaired) electrons. The molecule has 0 bridgehead atoms. The Bertz CT molecular complexity index is 305. The number of rotatable bonds is 8. The van der Waals surface area contributed by atoms with E-state index < -0.39 is 5.54 Å². The maximum atomic E-state index is 11.9. The fraction of sp³-hybridized carbons (Fsp3) is 0.938. The van der Waals surface area contributed by atoms with Crippen LogP contribution in [0.15, 0.2) is 0 Å². The van der Waals surface area contributed by atoms with E-state index in [1.54, 1.807) is 0 Å². The first-order valence-corrected chi connectivity index (χ1v) is 8.05. The number of hydrogen-bond acceptors (Lipinski definition) is 3. The molecular formula is C16H32N2O2. The number of hydrogen-bond donors (Lipinski definition) is 2. The summed E-state index contributed by atoms with van der Waals surface area (Å²) < 4.78 is 5.97. The maximum Gasteiger partial charge on any atom is 0.237 e. The second kappa shape index (κ2) is 7.99. The van der Waals surface area contributed by atoms with Crippen LogP contribution in [0.1, 0.15) is 66.2 Å². The number of nitrogens with one attached hydrogen (secondary N) is 1. The lowest BCUT2D eigenvalue weighted by Crippen LogP contribution is -2.60. The van der Waals surface area contributed by atoms with Gasteiger partial charge in [0.2, 0.25) is 5.91 Å². The van der Waals surface area contributed by atoms with E-state index in [2.05, 4.69) is 33.0 Å². The molecule has 0 saturated heterocycles. The van der Waals surface area contributed by atoms with Gasteiger partial charge >= 0.3 is 0 Å². The minimum atomic E-state index is -0.574. The second-order valence-electron chi connectivity index (χ2n) is 6.87. The molecule has 1 aliphatic rings. The molecule has 0 aromatic carbocycles. The third kappa shape index (κ3) is 5.41. The summed E-state index contributed by atoms with van der Waals surface area (Å²) in [5.41, 5.74) is 5.08. The molecule has 118 valence electrons. The third-order valence-corrected chi connectivity index (χ3v) is 4.02. The Kier molecular flexibility index (Phi) is 6.96. The molecule has 1 saturated carbocycles. The topological polar surface area (TPSA) is 64.3 Å². The first-order valence-electron chi connectivity index (χ1n) is 8.05. The Morgan fingerprint density at radius 3 is 2.65 bits per heavy atom. The van der Waals surface area contributed by atoms with Crippen LogP contribution in [0.2, 0.25) is 0 Å². The van der Waals surface area contributed by atoms with Gasteiger partial charge < -0.3 is 15.8 Å². The molecule has 4 nitrogen and oxygen atoms in total. The first kappa shape index (κ1) is 17.4. The van der Waals surface area contributed by atoms with Crippen LogP contribution < -0.4 is 11.1 Å². The van der Waals surface area contributed by atoms with Crippen molar-refractivity contribution in [2.24, 2.45) is 11.7 Å². The van der Waals surface area contributed by atoms with Crippen molar-refractivity contribution in [2.45, 2.75) is 83.9 Å². The number of ether oxygens (including phenoxy) is 1. The Balaban J connectivity index is 2.48. The van der Waals surface area contributed by atoms with Crippen molar-refractivity contribution in [3.63, 3.8) is 0 Å². The van der Waals surface area contributed by atoms with Gasteiger partial charge in [0.25, 0.3) is 0 Å². The standard InChI is InChI=1S/C16H32N2O2/c1-12(2)7-6-10-20-14-8-5-9-16(11-14,15(17)19)18-13(3)4/h12-14,18H,5-11H2,1-4H3,(H2,17,19). The Morgan fingerprint density at radius 1 is 1.40 bits per heavy atom. The molecule has 0 aromatic heterocycles. The largest absolute Gasteiger partial charge is 0.378 e. The Hall–Kier alpha value is -0.610. The highest BCUT2D eigenvalue weighted by atomic mass is 16.5. The van der Waals surface area contributed by atoms with Gasteiger partial charge in [0.05, 0.1) is 6.10 Å². The molecule has 1 aliphatic carbocycles.